The molecule has 2 bridgehead atoms. The molecule has 28 heavy (non-hydrogen) atoms. The second kappa shape index (κ2) is 11.2. The number of fused-ring (bicyclic) bond motifs is 2. The second-order valence-electron chi connectivity index (χ2n) is 8.50. The number of rotatable bonds is 12. The van der Waals surface area contributed by atoms with Crippen molar-refractivity contribution in [1.82, 2.24) is 0 Å². The van der Waals surface area contributed by atoms with Gasteiger partial charge in [0.2, 0.25) is 0 Å². The summed E-state index contributed by atoms with van der Waals surface area (Å²) in [5, 5.41) is 0. The summed E-state index contributed by atoms with van der Waals surface area (Å²) in [4.78, 5) is 25.5. The third kappa shape index (κ3) is 6.65. The lowest BCUT2D eigenvalue weighted by Gasteiger charge is -2.42. The lowest BCUT2D eigenvalue weighted by molar-refractivity contribution is -0.167. The van der Waals surface area contributed by atoms with Crippen molar-refractivity contribution in [3.63, 3.8) is 0 Å². The van der Waals surface area contributed by atoms with Gasteiger partial charge in [-0.25, -0.2) is 0 Å². The fourth-order valence-corrected chi connectivity index (χ4v) is 4.23. The van der Waals surface area contributed by atoms with Crippen LogP contribution in [0.5, 0.6) is 0 Å². The van der Waals surface area contributed by atoms with Crippen molar-refractivity contribution in [2.45, 2.75) is 65.2 Å². The number of hydrogen-bond acceptors (Lipinski definition) is 4. The number of carbonyl (C=O) groups excluding carboxylic acids is 2. The lowest BCUT2D eigenvalue weighted by atomic mass is 9.62. The van der Waals surface area contributed by atoms with Crippen molar-refractivity contribution < 1.29 is 19.1 Å². The summed E-state index contributed by atoms with van der Waals surface area (Å²) in [6.07, 6.45) is 11.6. The van der Waals surface area contributed by atoms with E-state index in [4.69, 9.17) is 9.47 Å². The van der Waals surface area contributed by atoms with Gasteiger partial charge in [0, 0.05) is 0 Å². The zero-order valence-corrected chi connectivity index (χ0v) is 17.6. The zero-order chi connectivity index (χ0) is 20.5. The molecule has 4 atom stereocenters. The van der Waals surface area contributed by atoms with E-state index in [2.05, 4.69) is 25.3 Å². The molecule has 4 unspecified atom stereocenters. The quantitative estimate of drug-likeness (QED) is 0.255. The van der Waals surface area contributed by atoms with Gasteiger partial charge in [-0.1, -0.05) is 23.3 Å². The lowest BCUT2D eigenvalue weighted by Crippen LogP contribution is -2.46. The Morgan fingerprint density at radius 2 is 1.18 bits per heavy atom. The van der Waals surface area contributed by atoms with Gasteiger partial charge in [0.05, 0.1) is 25.0 Å². The van der Waals surface area contributed by atoms with E-state index in [0.717, 1.165) is 62.5 Å². The molecule has 3 rings (SSSR count). The molecule has 0 aliphatic heterocycles. The highest BCUT2D eigenvalue weighted by Crippen LogP contribution is 2.46. The van der Waals surface area contributed by atoms with Gasteiger partial charge in [-0.3, -0.25) is 9.59 Å². The number of hydrogen-bond donors (Lipinski definition) is 0. The van der Waals surface area contributed by atoms with Crippen LogP contribution in [0, 0.1) is 23.7 Å². The summed E-state index contributed by atoms with van der Waals surface area (Å²) in [6, 6.07) is 0. The van der Waals surface area contributed by atoms with Gasteiger partial charge >= 0.3 is 11.9 Å². The summed E-state index contributed by atoms with van der Waals surface area (Å²) < 4.78 is 11.1. The van der Waals surface area contributed by atoms with Crippen molar-refractivity contribution in [3.05, 3.63) is 36.5 Å². The molecular formula is C24H36O4. The molecule has 1 saturated carbocycles. The molecule has 4 heteroatoms. The Hall–Kier alpha value is -1.84. The summed E-state index contributed by atoms with van der Waals surface area (Å²) in [6.45, 7) is 12.6. The van der Waals surface area contributed by atoms with Gasteiger partial charge in [-0.05, 0) is 77.0 Å². The number of esters is 2. The summed E-state index contributed by atoms with van der Waals surface area (Å²) >= 11 is 0. The van der Waals surface area contributed by atoms with Crippen LogP contribution in [0.2, 0.25) is 0 Å². The number of allylic oxidation sites excluding steroid dienone is 4. The minimum atomic E-state index is -0.396. The summed E-state index contributed by atoms with van der Waals surface area (Å²) in [7, 11) is 0. The van der Waals surface area contributed by atoms with E-state index in [0.29, 0.717) is 13.2 Å². The third-order valence-corrected chi connectivity index (χ3v) is 5.78. The maximum Gasteiger partial charge on any atom is 0.310 e. The Kier molecular flexibility index (Phi) is 9.01. The minimum absolute atomic E-state index is 0.0916. The van der Waals surface area contributed by atoms with E-state index in [9.17, 15) is 9.59 Å². The van der Waals surface area contributed by atoms with E-state index in [-0.39, 0.29) is 23.8 Å². The van der Waals surface area contributed by atoms with E-state index in [1.165, 1.54) is 0 Å². The molecule has 0 N–H and O–H groups in total. The highest BCUT2D eigenvalue weighted by molar-refractivity contribution is 5.83. The summed E-state index contributed by atoms with van der Waals surface area (Å²) in [5.74, 6) is -1.08. The average molecular weight is 389 g/mol. The molecule has 3 aliphatic rings. The van der Waals surface area contributed by atoms with Gasteiger partial charge < -0.3 is 9.47 Å². The van der Waals surface area contributed by atoms with Crippen LogP contribution in [0.25, 0.3) is 0 Å². The van der Waals surface area contributed by atoms with Gasteiger partial charge in [-0.15, -0.1) is 13.2 Å². The van der Waals surface area contributed by atoms with E-state index in [1.807, 2.05) is 13.8 Å². The van der Waals surface area contributed by atoms with Crippen LogP contribution in [-0.4, -0.2) is 25.2 Å². The molecule has 3 aliphatic carbocycles. The Morgan fingerprint density at radius 3 is 1.50 bits per heavy atom. The van der Waals surface area contributed by atoms with Crippen molar-refractivity contribution in [2.24, 2.45) is 23.7 Å². The highest BCUT2D eigenvalue weighted by atomic mass is 16.5. The molecule has 0 aromatic carbocycles. The van der Waals surface area contributed by atoms with Crippen molar-refractivity contribution in [1.29, 1.82) is 0 Å². The molecule has 1 fully saturated rings. The predicted octanol–water partition coefficient (Wildman–Crippen LogP) is 5.39. The number of unbranched alkanes of at least 4 members (excludes halogenated alkanes) is 2. The normalized spacial score (nSPS) is 25.4. The Labute approximate surface area is 170 Å². The minimum Gasteiger partial charge on any atom is -0.465 e. The molecule has 156 valence electrons. The standard InChI is InChI=1S/C24H36O4/c1-17(2)9-5-7-15-27-23(25)21-19-11-13-20(14-12-19)22(21)24(26)28-16-8-6-10-18(3)4/h11,13,19-22H,1,3,5-10,12,14-16H2,2,4H3. The molecule has 0 aromatic rings. The van der Waals surface area contributed by atoms with Crippen molar-refractivity contribution in [2.75, 3.05) is 13.2 Å². The van der Waals surface area contributed by atoms with Gasteiger partial charge in [0.1, 0.15) is 0 Å². The Bertz CT molecular complexity index is 552. The van der Waals surface area contributed by atoms with Crippen LogP contribution in [0.15, 0.2) is 36.5 Å². The van der Waals surface area contributed by atoms with Crippen molar-refractivity contribution in [3.8, 4) is 0 Å². The maximum atomic E-state index is 12.8. The number of ether oxygens (including phenoxy) is 2. The maximum absolute atomic E-state index is 12.8. The SMILES string of the molecule is C=C(C)CCCCOC(=O)C1C2C=CC(CC2)C1C(=O)OCCCCC(=C)C. The largest absolute Gasteiger partial charge is 0.465 e. The van der Waals surface area contributed by atoms with Crippen LogP contribution >= 0.6 is 0 Å². The molecule has 0 saturated heterocycles. The monoisotopic (exact) mass is 388 g/mol. The van der Waals surface area contributed by atoms with E-state index >= 15 is 0 Å². The van der Waals surface area contributed by atoms with Gasteiger partial charge in [-0.2, -0.15) is 0 Å². The molecule has 0 aromatic heterocycles. The van der Waals surface area contributed by atoms with E-state index < -0.39 is 11.8 Å². The zero-order valence-electron chi connectivity index (χ0n) is 17.6. The fourth-order valence-electron chi connectivity index (χ4n) is 4.23. The Morgan fingerprint density at radius 1 is 0.786 bits per heavy atom. The highest BCUT2D eigenvalue weighted by Gasteiger charge is 2.49. The van der Waals surface area contributed by atoms with Crippen LogP contribution in [0.3, 0.4) is 0 Å². The summed E-state index contributed by atoms with van der Waals surface area (Å²) in [5.41, 5.74) is 2.29. The van der Waals surface area contributed by atoms with Crippen LogP contribution in [0.1, 0.15) is 65.2 Å². The first-order valence-electron chi connectivity index (χ1n) is 10.7. The van der Waals surface area contributed by atoms with Gasteiger partial charge in [0.25, 0.3) is 0 Å². The fraction of sp³-hybridized carbons (Fsp3) is 0.667. The molecule has 4 nitrogen and oxygen atoms in total. The average Bonchev–Trinajstić information content (AvgIpc) is 2.66. The first-order chi connectivity index (χ1) is 13.4. The Balaban J connectivity index is 1.85. The van der Waals surface area contributed by atoms with Crippen LogP contribution in [0.4, 0.5) is 0 Å². The number of carbonyl (C=O) groups is 2. The molecule has 0 amide bonds. The third-order valence-electron chi connectivity index (χ3n) is 5.78. The molecular weight excluding hydrogens is 352 g/mol. The van der Waals surface area contributed by atoms with Crippen LogP contribution in [-0.2, 0) is 19.1 Å². The van der Waals surface area contributed by atoms with Crippen molar-refractivity contribution >= 4 is 11.9 Å². The molecule has 0 spiro atoms. The molecule has 0 radical (unpaired) electrons. The van der Waals surface area contributed by atoms with Gasteiger partial charge in [0.15, 0.2) is 0 Å². The topological polar surface area (TPSA) is 52.6 Å². The smallest absolute Gasteiger partial charge is 0.310 e. The van der Waals surface area contributed by atoms with Crippen LogP contribution < -0.4 is 0 Å². The van der Waals surface area contributed by atoms with E-state index in [1.54, 1.807) is 0 Å². The predicted molar refractivity (Wildman–Crippen MR) is 112 cm³/mol. The first kappa shape index (κ1) is 22.4. The molecule has 0 heterocycles. The second-order valence-corrected chi connectivity index (χ2v) is 8.50. The first-order valence-corrected chi connectivity index (χ1v) is 10.7.